The molecule has 0 saturated heterocycles. The van der Waals surface area contributed by atoms with Gasteiger partial charge in [-0.25, -0.2) is 14.7 Å². The minimum absolute atomic E-state index is 0.00643. The number of aliphatic carboxylic acids is 1. The molecular weight excluding hydrogens is 567 g/mol. The number of hydrogen-bond acceptors (Lipinski definition) is 9. The third-order valence-corrected chi connectivity index (χ3v) is 10.7. The van der Waals surface area contributed by atoms with E-state index in [1.165, 1.54) is 0 Å². The van der Waals surface area contributed by atoms with E-state index in [0.717, 1.165) is 32.1 Å². The molecule has 0 spiro atoms. The van der Waals surface area contributed by atoms with Crippen molar-refractivity contribution in [3.8, 4) is 0 Å². The zero-order chi connectivity index (χ0) is 28.8. The molecule has 0 aliphatic heterocycles. The Hall–Kier alpha value is -0.720. The van der Waals surface area contributed by atoms with Gasteiger partial charge in [-0.3, -0.25) is 14.8 Å². The highest BCUT2D eigenvalue weighted by Crippen LogP contribution is 2.43. The number of carbonyl (C=O) groups is 2. The third-order valence-electron chi connectivity index (χ3n) is 9.76. The van der Waals surface area contributed by atoms with Crippen molar-refractivity contribution in [1.29, 1.82) is 0 Å². The highest BCUT2D eigenvalue weighted by Gasteiger charge is 2.43. The van der Waals surface area contributed by atoms with Crippen LogP contribution in [-0.2, 0) is 29.0 Å². The first kappa shape index (κ1) is 32.2. The molecule has 230 valence electrons. The Kier molecular flexibility index (Phi) is 12.2. The maximum absolute atomic E-state index is 12.9. The maximum Gasteiger partial charge on any atom is 0.310 e. The fourth-order valence-corrected chi connectivity index (χ4v) is 8.11. The molecule has 4 saturated carbocycles. The number of ether oxygens (including phenoxy) is 1. The van der Waals surface area contributed by atoms with Crippen molar-refractivity contribution in [1.82, 2.24) is 0 Å². The Morgan fingerprint density at radius 3 is 1.95 bits per heavy atom. The number of rotatable bonds is 10. The summed E-state index contributed by atoms with van der Waals surface area (Å²) in [7, 11) is 0. The fourth-order valence-electron chi connectivity index (χ4n) is 7.31. The van der Waals surface area contributed by atoms with E-state index < -0.39 is 36.0 Å². The van der Waals surface area contributed by atoms with Gasteiger partial charge < -0.3 is 20.1 Å². The van der Waals surface area contributed by atoms with Crippen LogP contribution in [0.15, 0.2) is 0 Å². The number of aliphatic hydroxyl groups is 2. The van der Waals surface area contributed by atoms with Gasteiger partial charge >= 0.3 is 11.9 Å². The van der Waals surface area contributed by atoms with Gasteiger partial charge in [0.25, 0.3) is 0 Å². The molecule has 12 heteroatoms. The van der Waals surface area contributed by atoms with Crippen LogP contribution in [0.3, 0.4) is 0 Å². The van der Waals surface area contributed by atoms with E-state index in [0.29, 0.717) is 57.0 Å². The van der Waals surface area contributed by atoms with Crippen LogP contribution in [0.5, 0.6) is 0 Å². The van der Waals surface area contributed by atoms with Crippen molar-refractivity contribution in [2.24, 2.45) is 35.5 Å². The quantitative estimate of drug-likeness (QED) is 0.123. The molecule has 12 unspecified atom stereocenters. The van der Waals surface area contributed by atoms with Gasteiger partial charge in [0.1, 0.15) is 12.2 Å². The minimum Gasteiger partial charge on any atom is -0.481 e. The van der Waals surface area contributed by atoms with Crippen LogP contribution in [0.1, 0.15) is 77.0 Å². The summed E-state index contributed by atoms with van der Waals surface area (Å²) in [5.41, 5.74) is 0. The smallest absolute Gasteiger partial charge is 0.310 e. The predicted molar refractivity (Wildman–Crippen MR) is 145 cm³/mol. The normalized spacial score (nSPS) is 42.7. The van der Waals surface area contributed by atoms with Crippen molar-refractivity contribution in [3.05, 3.63) is 0 Å². The SMILES string of the molecule is O=C(O)C1CC(O)CCC1C(=O)OC1CCC(C2CCC(OOCC3CCC(O)CC3COO)C(Cl)C2)CC1Cl. The molecule has 4 aliphatic rings. The molecule has 4 rings (SSSR count). The van der Waals surface area contributed by atoms with Crippen molar-refractivity contribution in [2.45, 2.75) is 112 Å². The molecule has 0 aromatic heterocycles. The van der Waals surface area contributed by atoms with Crippen molar-refractivity contribution in [3.63, 3.8) is 0 Å². The molecular formula is C28H44Cl2O10. The zero-order valence-corrected chi connectivity index (χ0v) is 24.3. The molecule has 0 heterocycles. The lowest BCUT2D eigenvalue weighted by Crippen LogP contribution is -2.43. The van der Waals surface area contributed by atoms with Gasteiger partial charge in [0.2, 0.25) is 0 Å². The second kappa shape index (κ2) is 15.1. The molecule has 40 heavy (non-hydrogen) atoms. The Labute approximate surface area is 245 Å². The second-order valence-corrected chi connectivity index (χ2v) is 13.5. The molecule has 0 aromatic carbocycles. The van der Waals surface area contributed by atoms with Crippen LogP contribution in [0.25, 0.3) is 0 Å². The molecule has 4 fully saturated rings. The fraction of sp³-hybridized carbons (Fsp3) is 0.929. The Morgan fingerprint density at radius 1 is 0.700 bits per heavy atom. The minimum atomic E-state index is -1.08. The van der Waals surface area contributed by atoms with Gasteiger partial charge in [0.15, 0.2) is 0 Å². The van der Waals surface area contributed by atoms with Crippen molar-refractivity contribution < 1.29 is 49.6 Å². The largest absolute Gasteiger partial charge is 0.481 e. The second-order valence-electron chi connectivity index (χ2n) is 12.4. The topological polar surface area (TPSA) is 152 Å². The summed E-state index contributed by atoms with van der Waals surface area (Å²) in [5.74, 6) is -2.43. The monoisotopic (exact) mass is 610 g/mol. The lowest BCUT2D eigenvalue weighted by atomic mass is 9.72. The Morgan fingerprint density at radius 2 is 1.32 bits per heavy atom. The molecule has 0 bridgehead atoms. The van der Waals surface area contributed by atoms with Crippen LogP contribution in [0.4, 0.5) is 0 Å². The first-order chi connectivity index (χ1) is 19.2. The molecule has 0 amide bonds. The Bertz CT molecular complexity index is 833. The van der Waals surface area contributed by atoms with E-state index in [-0.39, 0.29) is 47.8 Å². The van der Waals surface area contributed by atoms with Crippen LogP contribution in [0, 0.1) is 35.5 Å². The summed E-state index contributed by atoms with van der Waals surface area (Å²) in [5, 5.41) is 37.5. The van der Waals surface area contributed by atoms with Gasteiger partial charge in [0, 0.05) is 0 Å². The molecule has 0 radical (unpaired) electrons. The third kappa shape index (κ3) is 8.43. The summed E-state index contributed by atoms with van der Waals surface area (Å²) < 4.78 is 5.74. The summed E-state index contributed by atoms with van der Waals surface area (Å²) in [6.45, 7) is 0.514. The highest BCUT2D eigenvalue weighted by atomic mass is 35.5. The van der Waals surface area contributed by atoms with Gasteiger partial charge in [-0.2, -0.15) is 0 Å². The van der Waals surface area contributed by atoms with Crippen LogP contribution in [-0.4, -0.2) is 80.9 Å². The Balaban J connectivity index is 1.19. The van der Waals surface area contributed by atoms with Gasteiger partial charge in [-0.1, -0.05) is 0 Å². The summed E-state index contributed by atoms with van der Waals surface area (Å²) >= 11 is 13.4. The lowest BCUT2D eigenvalue weighted by molar-refractivity contribution is -0.339. The molecule has 10 nitrogen and oxygen atoms in total. The highest BCUT2D eigenvalue weighted by molar-refractivity contribution is 6.21. The maximum atomic E-state index is 12.9. The number of hydrogen-bond donors (Lipinski definition) is 4. The molecule has 12 atom stereocenters. The van der Waals surface area contributed by atoms with Crippen LogP contribution < -0.4 is 0 Å². The molecule has 0 aromatic rings. The number of halogens is 2. The van der Waals surface area contributed by atoms with E-state index >= 15 is 0 Å². The predicted octanol–water partition coefficient (Wildman–Crippen LogP) is 4.16. The van der Waals surface area contributed by atoms with E-state index in [1.807, 2.05) is 0 Å². The van der Waals surface area contributed by atoms with Crippen molar-refractivity contribution in [2.75, 3.05) is 13.2 Å². The molecule has 4 N–H and O–H groups in total. The van der Waals surface area contributed by atoms with Crippen LogP contribution >= 0.6 is 23.2 Å². The summed E-state index contributed by atoms with van der Waals surface area (Å²) in [4.78, 5) is 40.1. The average molecular weight is 612 g/mol. The zero-order valence-electron chi connectivity index (χ0n) is 22.8. The lowest BCUT2D eigenvalue weighted by Gasteiger charge is -2.41. The van der Waals surface area contributed by atoms with E-state index in [9.17, 15) is 24.9 Å². The first-order valence-corrected chi connectivity index (χ1v) is 15.7. The van der Waals surface area contributed by atoms with E-state index in [4.69, 9.17) is 43.0 Å². The number of carboxylic acids is 1. The number of aliphatic hydroxyl groups excluding tert-OH is 2. The van der Waals surface area contributed by atoms with E-state index in [2.05, 4.69) is 4.89 Å². The first-order valence-electron chi connectivity index (χ1n) is 14.8. The summed E-state index contributed by atoms with van der Waals surface area (Å²) in [6.07, 6.45) is 5.66. The van der Waals surface area contributed by atoms with Gasteiger partial charge in [-0.15, -0.1) is 23.2 Å². The van der Waals surface area contributed by atoms with Gasteiger partial charge in [0.05, 0.1) is 48.0 Å². The van der Waals surface area contributed by atoms with Crippen LogP contribution in [0.2, 0.25) is 0 Å². The average Bonchev–Trinajstić information content (AvgIpc) is 2.91. The number of carbonyl (C=O) groups excluding carboxylic acids is 1. The van der Waals surface area contributed by atoms with E-state index in [1.54, 1.807) is 0 Å². The standard InChI is InChI=1S/C28H44Cl2O10/c29-23-10-15(2-7-25(23)39-28(35)21-6-5-20(32)12-22(21)27(33)34)16-3-8-26(24(30)11-16)40-38-14-17-1-4-19(31)9-18(17)13-37-36/h15-26,31-32,36H,1-14H2,(H,33,34). The number of esters is 1. The molecule has 4 aliphatic carbocycles. The number of alkyl halides is 2. The number of carboxylic acid groups (broad SMARTS) is 1. The van der Waals surface area contributed by atoms with Gasteiger partial charge in [-0.05, 0) is 101 Å². The summed E-state index contributed by atoms with van der Waals surface area (Å²) in [6, 6.07) is 0. The van der Waals surface area contributed by atoms with Crippen molar-refractivity contribution >= 4 is 35.1 Å².